The minimum Gasteiger partial charge on any atom is -0.360 e. The normalized spacial score (nSPS) is 20.4. The van der Waals surface area contributed by atoms with Gasteiger partial charge in [-0.1, -0.05) is 49.8 Å². The number of para-hydroxylation sites is 1. The molecule has 136 valence electrons. The molecule has 1 aromatic carbocycles. The number of rotatable bonds is 4. The highest BCUT2D eigenvalue weighted by molar-refractivity contribution is 6.07. The Bertz CT molecular complexity index is 899. The Labute approximate surface area is 155 Å². The van der Waals surface area contributed by atoms with Gasteiger partial charge >= 0.3 is 0 Å². The van der Waals surface area contributed by atoms with Crippen molar-refractivity contribution in [3.63, 3.8) is 0 Å². The molecule has 1 heterocycles. The van der Waals surface area contributed by atoms with Gasteiger partial charge in [0.2, 0.25) is 0 Å². The first kappa shape index (κ1) is 18.2. The Morgan fingerprint density at radius 2 is 2.12 bits per heavy atom. The zero-order chi connectivity index (χ0) is 18.7. The average molecular weight is 349 g/mol. The van der Waals surface area contributed by atoms with Crippen LogP contribution in [-0.2, 0) is 0 Å². The lowest BCUT2D eigenvalue weighted by Crippen LogP contribution is -2.26. The van der Waals surface area contributed by atoms with Crippen molar-refractivity contribution in [3.05, 3.63) is 59.8 Å². The van der Waals surface area contributed by atoms with Crippen LogP contribution in [0.3, 0.4) is 0 Å². The van der Waals surface area contributed by atoms with E-state index in [0.717, 1.165) is 23.0 Å². The van der Waals surface area contributed by atoms with Crippen LogP contribution in [0.15, 0.2) is 59.4 Å². The Morgan fingerprint density at radius 3 is 2.88 bits per heavy atom. The number of hydrogen-bond acceptors (Lipinski definition) is 2. The molecule has 0 bridgehead atoms. The molecule has 2 aromatic rings. The lowest BCUT2D eigenvalue weighted by Gasteiger charge is -2.36. The fraction of sp³-hybridized carbons (Fsp3) is 0.364. The van der Waals surface area contributed by atoms with Gasteiger partial charge in [0.1, 0.15) is 0 Å². The molecule has 4 nitrogen and oxygen atoms in total. The third-order valence-electron chi connectivity index (χ3n) is 5.29. The van der Waals surface area contributed by atoms with E-state index in [1.165, 1.54) is 12.0 Å². The molecule has 1 aliphatic carbocycles. The molecule has 0 saturated heterocycles. The quantitative estimate of drug-likeness (QED) is 0.444. The highest BCUT2D eigenvalue weighted by atomic mass is 16.2. The highest BCUT2D eigenvalue weighted by Gasteiger charge is 2.30. The second kappa shape index (κ2) is 7.32. The lowest BCUT2D eigenvalue weighted by atomic mass is 9.68. The van der Waals surface area contributed by atoms with E-state index in [1.807, 2.05) is 37.3 Å². The predicted octanol–water partition coefficient (Wildman–Crippen LogP) is 5.21. The van der Waals surface area contributed by atoms with Gasteiger partial charge in [0.05, 0.1) is 11.3 Å². The van der Waals surface area contributed by atoms with Crippen LogP contribution < -0.4 is 5.43 Å². The number of allylic oxidation sites excluding steroid dienone is 4. The van der Waals surface area contributed by atoms with Crippen LogP contribution >= 0.6 is 0 Å². The molecule has 4 heteroatoms. The van der Waals surface area contributed by atoms with Crippen LogP contribution in [0.25, 0.3) is 10.9 Å². The number of aromatic nitrogens is 1. The number of hydrazone groups is 1. The summed E-state index contributed by atoms with van der Waals surface area (Å²) in [6.45, 7) is 8.72. The van der Waals surface area contributed by atoms with Crippen LogP contribution in [0.5, 0.6) is 0 Å². The third-order valence-corrected chi connectivity index (χ3v) is 5.29. The molecule has 0 radical (unpaired) electrons. The summed E-state index contributed by atoms with van der Waals surface area (Å²) in [6, 6.07) is 7.74. The van der Waals surface area contributed by atoms with Crippen molar-refractivity contribution in [1.29, 1.82) is 0 Å². The Kier molecular flexibility index (Phi) is 5.12. The Morgan fingerprint density at radius 1 is 1.35 bits per heavy atom. The smallest absolute Gasteiger partial charge is 0.273 e. The number of nitrogens with zero attached hydrogens (tertiary/aromatic N) is 1. The maximum Gasteiger partial charge on any atom is 0.273 e. The van der Waals surface area contributed by atoms with E-state index in [-0.39, 0.29) is 11.3 Å². The summed E-state index contributed by atoms with van der Waals surface area (Å²) in [7, 11) is 0. The van der Waals surface area contributed by atoms with E-state index < -0.39 is 0 Å². The SMILES string of the molecule is CC1=CCCC(C)(C)C1/C=C/C(C)=N/NC(=O)c1c[nH]c2ccccc12. The molecule has 26 heavy (non-hydrogen) atoms. The van der Waals surface area contributed by atoms with Crippen molar-refractivity contribution in [2.24, 2.45) is 16.4 Å². The Hall–Kier alpha value is -2.62. The average Bonchev–Trinajstić information content (AvgIpc) is 3.03. The number of H-pyrrole nitrogens is 1. The van der Waals surface area contributed by atoms with Gasteiger partial charge in [-0.2, -0.15) is 5.10 Å². The largest absolute Gasteiger partial charge is 0.360 e. The summed E-state index contributed by atoms with van der Waals surface area (Å²) in [4.78, 5) is 15.5. The number of nitrogens with one attached hydrogen (secondary N) is 2. The summed E-state index contributed by atoms with van der Waals surface area (Å²) >= 11 is 0. The number of hydrogen-bond donors (Lipinski definition) is 2. The molecule has 1 unspecified atom stereocenters. The van der Waals surface area contributed by atoms with E-state index in [2.05, 4.69) is 48.4 Å². The number of carbonyl (C=O) groups is 1. The standard InChI is InChI=1S/C22H27N3O/c1-15-8-7-13-22(3,4)19(15)12-11-16(2)24-25-21(26)18-14-23-20-10-6-5-9-17(18)20/h5-6,8-12,14,19,23H,7,13H2,1-4H3,(H,25,26)/b12-11+,24-16+. The highest BCUT2D eigenvalue weighted by Crippen LogP contribution is 2.41. The molecule has 0 saturated carbocycles. The molecule has 1 aromatic heterocycles. The van der Waals surface area contributed by atoms with Gasteiger partial charge in [0.15, 0.2) is 0 Å². The first-order valence-corrected chi connectivity index (χ1v) is 9.14. The van der Waals surface area contributed by atoms with Crippen LogP contribution in [0.1, 0.15) is 50.9 Å². The van der Waals surface area contributed by atoms with E-state index in [9.17, 15) is 4.79 Å². The molecule has 1 aliphatic rings. The van der Waals surface area contributed by atoms with Crippen LogP contribution in [0.4, 0.5) is 0 Å². The maximum atomic E-state index is 12.4. The minimum atomic E-state index is -0.204. The molecule has 0 aliphatic heterocycles. The van der Waals surface area contributed by atoms with Crippen LogP contribution in [-0.4, -0.2) is 16.6 Å². The van der Waals surface area contributed by atoms with Gasteiger partial charge in [-0.05, 0) is 44.2 Å². The van der Waals surface area contributed by atoms with Gasteiger partial charge in [-0.15, -0.1) is 0 Å². The first-order chi connectivity index (χ1) is 12.4. The molecular weight excluding hydrogens is 322 g/mol. The van der Waals surface area contributed by atoms with Crippen molar-refractivity contribution < 1.29 is 4.79 Å². The second-order valence-electron chi connectivity index (χ2n) is 7.75. The van der Waals surface area contributed by atoms with Crippen molar-refractivity contribution in [3.8, 4) is 0 Å². The first-order valence-electron chi connectivity index (χ1n) is 9.14. The summed E-state index contributed by atoms with van der Waals surface area (Å²) in [6.07, 6.45) is 10.6. The topological polar surface area (TPSA) is 57.2 Å². The molecule has 1 amide bonds. The van der Waals surface area contributed by atoms with E-state index in [1.54, 1.807) is 6.20 Å². The van der Waals surface area contributed by atoms with E-state index >= 15 is 0 Å². The summed E-state index contributed by atoms with van der Waals surface area (Å²) in [5.74, 6) is 0.204. The zero-order valence-corrected chi connectivity index (χ0v) is 16.0. The van der Waals surface area contributed by atoms with Crippen molar-refractivity contribution in [2.45, 2.75) is 40.5 Å². The number of carbonyl (C=O) groups excluding carboxylic acids is 1. The summed E-state index contributed by atoms with van der Waals surface area (Å²) in [5, 5.41) is 5.14. The predicted molar refractivity (Wildman–Crippen MR) is 108 cm³/mol. The van der Waals surface area contributed by atoms with Crippen molar-refractivity contribution in [1.82, 2.24) is 10.4 Å². The lowest BCUT2D eigenvalue weighted by molar-refractivity contribution is 0.0956. The molecule has 3 rings (SSSR count). The number of benzene rings is 1. The van der Waals surface area contributed by atoms with Gasteiger partial charge in [-0.3, -0.25) is 4.79 Å². The number of amides is 1. The van der Waals surface area contributed by atoms with Gasteiger partial charge in [0.25, 0.3) is 5.91 Å². The van der Waals surface area contributed by atoms with E-state index in [4.69, 9.17) is 0 Å². The second-order valence-corrected chi connectivity index (χ2v) is 7.75. The van der Waals surface area contributed by atoms with Crippen LogP contribution in [0.2, 0.25) is 0 Å². The molecular formula is C22H27N3O. The molecule has 2 N–H and O–H groups in total. The Balaban J connectivity index is 1.69. The zero-order valence-electron chi connectivity index (χ0n) is 16.0. The van der Waals surface area contributed by atoms with Crippen molar-refractivity contribution >= 4 is 22.5 Å². The minimum absolute atomic E-state index is 0.204. The number of aromatic amines is 1. The maximum absolute atomic E-state index is 12.4. The fourth-order valence-corrected chi connectivity index (χ4v) is 3.71. The monoisotopic (exact) mass is 349 g/mol. The van der Waals surface area contributed by atoms with Crippen molar-refractivity contribution in [2.75, 3.05) is 0 Å². The fourth-order valence-electron chi connectivity index (χ4n) is 3.71. The molecule has 0 fully saturated rings. The van der Waals surface area contributed by atoms with Gasteiger partial charge in [-0.25, -0.2) is 5.43 Å². The van der Waals surface area contributed by atoms with Gasteiger partial charge < -0.3 is 4.98 Å². The molecule has 1 atom stereocenters. The molecule has 0 spiro atoms. The summed E-state index contributed by atoms with van der Waals surface area (Å²) in [5.41, 5.74) is 6.66. The van der Waals surface area contributed by atoms with E-state index in [0.29, 0.717) is 11.5 Å². The summed E-state index contributed by atoms with van der Waals surface area (Å²) < 4.78 is 0. The van der Waals surface area contributed by atoms with Gasteiger partial charge in [0, 0.05) is 23.0 Å². The number of fused-ring (bicyclic) bond motifs is 1. The third kappa shape index (κ3) is 3.79. The van der Waals surface area contributed by atoms with Crippen LogP contribution in [0, 0.1) is 11.3 Å².